The first-order valence-corrected chi connectivity index (χ1v) is 6.71. The van der Waals surface area contributed by atoms with Gasteiger partial charge in [0.1, 0.15) is 5.60 Å². The minimum atomic E-state index is -0.551. The molecule has 1 N–H and O–H groups in total. The second-order valence-electron chi connectivity index (χ2n) is 5.60. The van der Waals surface area contributed by atoms with Gasteiger partial charge in [-0.1, -0.05) is 0 Å². The number of hydrogen-bond donors (Lipinski definition) is 1. The van der Waals surface area contributed by atoms with Crippen LogP contribution in [0.2, 0.25) is 0 Å². The molecule has 0 atom stereocenters. The zero-order valence-corrected chi connectivity index (χ0v) is 12.5. The highest BCUT2D eigenvalue weighted by atomic mass is 16.6. The van der Waals surface area contributed by atoms with Crippen molar-refractivity contribution in [3.8, 4) is 0 Å². The minimum absolute atomic E-state index is 0.00742. The van der Waals surface area contributed by atoms with Gasteiger partial charge in [0.2, 0.25) is 5.91 Å². The summed E-state index contributed by atoms with van der Waals surface area (Å²) in [5.74, 6) is -1.55. The van der Waals surface area contributed by atoms with Crippen LogP contribution in [0.25, 0.3) is 0 Å². The molecule has 0 aromatic rings. The lowest BCUT2D eigenvalue weighted by molar-refractivity contribution is -0.154. The average Bonchev–Trinajstić information content (AvgIpc) is 2.64. The quantitative estimate of drug-likeness (QED) is 0.556. The Morgan fingerprint density at radius 2 is 1.71 bits per heavy atom. The van der Waals surface area contributed by atoms with Crippen molar-refractivity contribution in [2.24, 2.45) is 0 Å². The first kappa shape index (κ1) is 16.9. The van der Waals surface area contributed by atoms with Crippen LogP contribution in [0.4, 0.5) is 0 Å². The summed E-state index contributed by atoms with van der Waals surface area (Å²) in [6, 6.07) is 0. The molecule has 1 aliphatic rings. The summed E-state index contributed by atoms with van der Waals surface area (Å²) in [6.07, 6.45) is 2.42. The fourth-order valence-corrected chi connectivity index (χ4v) is 1.65. The second kappa shape index (κ2) is 7.01. The number of nitrogens with zero attached hydrogens (tertiary/aromatic N) is 1. The number of rotatable bonds is 6. The van der Waals surface area contributed by atoms with Gasteiger partial charge in [-0.3, -0.25) is 24.1 Å². The molecule has 0 unspecified atom stereocenters. The maximum Gasteiger partial charge on any atom is 0.308 e. The summed E-state index contributed by atoms with van der Waals surface area (Å²) >= 11 is 0. The van der Waals surface area contributed by atoms with Crippen molar-refractivity contribution < 1.29 is 23.9 Å². The molecule has 0 aromatic carbocycles. The van der Waals surface area contributed by atoms with Gasteiger partial charge in [-0.05, 0) is 20.8 Å². The number of amides is 3. The molecule has 0 saturated carbocycles. The van der Waals surface area contributed by atoms with Crippen molar-refractivity contribution in [2.75, 3.05) is 13.1 Å². The van der Waals surface area contributed by atoms with Crippen molar-refractivity contribution in [1.82, 2.24) is 10.2 Å². The molecule has 0 fully saturated rings. The molecule has 0 bridgehead atoms. The Kier molecular flexibility index (Phi) is 5.63. The van der Waals surface area contributed by atoms with Gasteiger partial charge in [0.25, 0.3) is 11.8 Å². The number of imide groups is 1. The predicted octanol–water partition coefficient (Wildman–Crippen LogP) is 0.149. The van der Waals surface area contributed by atoms with Gasteiger partial charge in [-0.15, -0.1) is 0 Å². The molecule has 1 aliphatic heterocycles. The van der Waals surface area contributed by atoms with Crippen LogP contribution in [-0.2, 0) is 23.9 Å². The Morgan fingerprint density at radius 3 is 2.24 bits per heavy atom. The minimum Gasteiger partial charge on any atom is -0.460 e. The molecule has 0 aromatic heterocycles. The van der Waals surface area contributed by atoms with Gasteiger partial charge in [0, 0.05) is 31.7 Å². The van der Waals surface area contributed by atoms with E-state index in [0.29, 0.717) is 0 Å². The summed E-state index contributed by atoms with van der Waals surface area (Å²) in [7, 11) is 0. The van der Waals surface area contributed by atoms with E-state index in [1.165, 1.54) is 12.2 Å². The standard InChI is InChI=1S/C14H20N2O5/c1-14(2,3)21-13(20)6-8-15-10(17)7-9-16-11(18)4-5-12(16)19/h4-5H,6-9H2,1-3H3,(H,15,17). The molecule has 0 spiro atoms. The van der Waals surface area contributed by atoms with Crippen molar-refractivity contribution in [3.63, 3.8) is 0 Å². The maximum absolute atomic E-state index is 11.5. The van der Waals surface area contributed by atoms with Crippen LogP contribution in [0.1, 0.15) is 33.6 Å². The molecule has 0 aliphatic carbocycles. The Morgan fingerprint density at radius 1 is 1.14 bits per heavy atom. The third kappa shape index (κ3) is 6.20. The van der Waals surface area contributed by atoms with E-state index in [4.69, 9.17) is 4.74 Å². The highest BCUT2D eigenvalue weighted by Gasteiger charge is 2.23. The summed E-state index contributed by atoms with van der Waals surface area (Å²) < 4.78 is 5.09. The Hall–Kier alpha value is -2.18. The van der Waals surface area contributed by atoms with Crippen LogP contribution in [-0.4, -0.2) is 47.3 Å². The van der Waals surface area contributed by atoms with E-state index in [2.05, 4.69) is 5.32 Å². The van der Waals surface area contributed by atoms with E-state index in [1.807, 2.05) is 0 Å². The monoisotopic (exact) mass is 296 g/mol. The van der Waals surface area contributed by atoms with Crippen molar-refractivity contribution in [3.05, 3.63) is 12.2 Å². The number of esters is 1. The summed E-state index contributed by atoms with van der Waals surface area (Å²) in [5, 5.41) is 2.54. The lowest BCUT2D eigenvalue weighted by Gasteiger charge is -2.19. The third-order valence-corrected chi connectivity index (χ3v) is 2.53. The Balaban J connectivity index is 2.19. The van der Waals surface area contributed by atoms with Gasteiger partial charge in [-0.25, -0.2) is 0 Å². The SMILES string of the molecule is CC(C)(C)OC(=O)CCNC(=O)CCN1C(=O)C=CC1=O. The van der Waals surface area contributed by atoms with Gasteiger partial charge >= 0.3 is 5.97 Å². The third-order valence-electron chi connectivity index (χ3n) is 2.53. The zero-order valence-electron chi connectivity index (χ0n) is 12.5. The van der Waals surface area contributed by atoms with Crippen LogP contribution >= 0.6 is 0 Å². The lowest BCUT2D eigenvalue weighted by Crippen LogP contribution is -2.35. The number of carbonyl (C=O) groups is 4. The van der Waals surface area contributed by atoms with Crippen molar-refractivity contribution >= 4 is 23.7 Å². The number of nitrogens with one attached hydrogen (secondary N) is 1. The Bertz CT molecular complexity index is 458. The van der Waals surface area contributed by atoms with Gasteiger partial charge in [0.15, 0.2) is 0 Å². The molecule has 7 nitrogen and oxygen atoms in total. The molecule has 7 heteroatoms. The molecule has 1 rings (SSSR count). The van der Waals surface area contributed by atoms with Gasteiger partial charge in [0.05, 0.1) is 6.42 Å². The van der Waals surface area contributed by atoms with Crippen LogP contribution in [0, 0.1) is 0 Å². The number of carbonyl (C=O) groups excluding carboxylic acids is 4. The van der Waals surface area contributed by atoms with Crippen LogP contribution < -0.4 is 5.32 Å². The lowest BCUT2D eigenvalue weighted by atomic mass is 10.2. The molecular weight excluding hydrogens is 276 g/mol. The largest absolute Gasteiger partial charge is 0.460 e. The number of hydrogen-bond acceptors (Lipinski definition) is 5. The van der Waals surface area contributed by atoms with Crippen LogP contribution in [0.5, 0.6) is 0 Å². The van der Waals surface area contributed by atoms with Crippen molar-refractivity contribution in [1.29, 1.82) is 0 Å². The molecule has 21 heavy (non-hydrogen) atoms. The molecular formula is C14H20N2O5. The van der Waals surface area contributed by atoms with Gasteiger partial charge in [-0.2, -0.15) is 0 Å². The summed E-state index contributed by atoms with van der Waals surface area (Å²) in [6.45, 7) is 5.49. The topological polar surface area (TPSA) is 92.8 Å². The summed E-state index contributed by atoms with van der Waals surface area (Å²) in [5.41, 5.74) is -0.551. The van der Waals surface area contributed by atoms with Crippen LogP contribution in [0.3, 0.4) is 0 Å². The normalized spacial score (nSPS) is 14.5. The second-order valence-corrected chi connectivity index (χ2v) is 5.60. The Labute approximate surface area is 123 Å². The smallest absolute Gasteiger partial charge is 0.308 e. The number of ether oxygens (including phenoxy) is 1. The maximum atomic E-state index is 11.5. The molecule has 0 radical (unpaired) electrons. The molecule has 1 heterocycles. The first-order valence-electron chi connectivity index (χ1n) is 6.71. The van der Waals surface area contributed by atoms with E-state index < -0.39 is 23.4 Å². The van der Waals surface area contributed by atoms with Crippen LogP contribution in [0.15, 0.2) is 12.2 Å². The van der Waals surface area contributed by atoms with Gasteiger partial charge < -0.3 is 10.1 Å². The van der Waals surface area contributed by atoms with E-state index in [9.17, 15) is 19.2 Å². The molecule has 3 amide bonds. The van der Waals surface area contributed by atoms with E-state index in [1.54, 1.807) is 20.8 Å². The molecule has 116 valence electrons. The van der Waals surface area contributed by atoms with E-state index >= 15 is 0 Å². The summed E-state index contributed by atoms with van der Waals surface area (Å²) in [4.78, 5) is 46.5. The fourth-order valence-electron chi connectivity index (χ4n) is 1.65. The highest BCUT2D eigenvalue weighted by Crippen LogP contribution is 2.08. The fraction of sp³-hybridized carbons (Fsp3) is 0.571. The predicted molar refractivity (Wildman–Crippen MR) is 73.9 cm³/mol. The van der Waals surface area contributed by atoms with E-state index in [-0.39, 0.29) is 31.8 Å². The highest BCUT2D eigenvalue weighted by molar-refractivity contribution is 6.13. The first-order chi connectivity index (χ1) is 9.69. The zero-order chi connectivity index (χ0) is 16.0. The van der Waals surface area contributed by atoms with E-state index in [0.717, 1.165) is 4.90 Å². The molecule has 0 saturated heterocycles. The average molecular weight is 296 g/mol. The van der Waals surface area contributed by atoms with Crippen molar-refractivity contribution in [2.45, 2.75) is 39.2 Å².